The second-order valence-electron chi connectivity index (χ2n) is 3.79. The summed E-state index contributed by atoms with van der Waals surface area (Å²) in [5, 5.41) is 3.20. The minimum absolute atomic E-state index is 0.0404. The van der Waals surface area contributed by atoms with E-state index in [0.717, 1.165) is 25.8 Å². The number of piperidine rings is 1. The van der Waals surface area contributed by atoms with Crippen molar-refractivity contribution >= 4 is 15.9 Å². The summed E-state index contributed by atoms with van der Waals surface area (Å²) in [7, 11) is 0. The van der Waals surface area contributed by atoms with Gasteiger partial charge in [0.25, 0.3) is 0 Å². The van der Waals surface area contributed by atoms with Gasteiger partial charge in [0, 0.05) is 11.6 Å². The summed E-state index contributed by atoms with van der Waals surface area (Å²) in [4.78, 5) is 0. The van der Waals surface area contributed by atoms with E-state index >= 15 is 0 Å². The predicted octanol–water partition coefficient (Wildman–Crippen LogP) is 3.54. The van der Waals surface area contributed by atoms with Crippen LogP contribution in [0.4, 0.5) is 8.78 Å². The maximum Gasteiger partial charge on any atom is 0.137 e. The minimum Gasteiger partial charge on any atom is -0.310 e. The fourth-order valence-electron chi connectivity index (χ4n) is 1.92. The summed E-state index contributed by atoms with van der Waals surface area (Å²) >= 11 is 2.97. The lowest BCUT2D eigenvalue weighted by atomic mass is 9.97. The van der Waals surface area contributed by atoms with Crippen LogP contribution in [-0.2, 0) is 0 Å². The summed E-state index contributed by atoms with van der Waals surface area (Å²) in [6.07, 6.45) is 3.05. The van der Waals surface area contributed by atoms with Gasteiger partial charge in [-0.05, 0) is 47.4 Å². The average Bonchev–Trinajstić information content (AvgIpc) is 2.25. The molecule has 0 radical (unpaired) electrons. The van der Waals surface area contributed by atoms with Gasteiger partial charge in [0.15, 0.2) is 0 Å². The molecule has 0 amide bonds. The largest absolute Gasteiger partial charge is 0.310 e. The molecular weight excluding hydrogens is 264 g/mol. The van der Waals surface area contributed by atoms with Crippen molar-refractivity contribution < 1.29 is 8.78 Å². The van der Waals surface area contributed by atoms with E-state index in [0.29, 0.717) is 5.56 Å². The molecular formula is C11H12BrF2N. The van der Waals surface area contributed by atoms with Gasteiger partial charge >= 0.3 is 0 Å². The molecule has 0 aliphatic carbocycles. The number of hydrogen-bond donors (Lipinski definition) is 1. The Kier molecular flexibility index (Phi) is 3.36. The van der Waals surface area contributed by atoms with Gasteiger partial charge in [-0.15, -0.1) is 0 Å². The topological polar surface area (TPSA) is 12.0 Å². The van der Waals surface area contributed by atoms with Crippen LogP contribution in [0.2, 0.25) is 0 Å². The fraction of sp³-hybridized carbons (Fsp3) is 0.455. The second-order valence-corrected chi connectivity index (χ2v) is 4.64. The number of halogens is 3. The summed E-state index contributed by atoms with van der Waals surface area (Å²) in [6.45, 7) is 0.877. The van der Waals surface area contributed by atoms with E-state index in [4.69, 9.17) is 0 Å². The first-order valence-corrected chi connectivity index (χ1v) is 5.85. The van der Waals surface area contributed by atoms with E-state index in [1.165, 1.54) is 12.1 Å². The zero-order valence-electron chi connectivity index (χ0n) is 8.19. The van der Waals surface area contributed by atoms with Gasteiger partial charge in [-0.2, -0.15) is 0 Å². The maximum absolute atomic E-state index is 13.6. The Hall–Kier alpha value is -0.480. The molecule has 1 saturated heterocycles. The third-order valence-electron chi connectivity index (χ3n) is 2.73. The number of benzene rings is 1. The van der Waals surface area contributed by atoms with Gasteiger partial charge < -0.3 is 5.32 Å². The molecule has 0 aromatic heterocycles. The first-order chi connectivity index (χ1) is 7.18. The highest BCUT2D eigenvalue weighted by Crippen LogP contribution is 2.28. The first kappa shape index (κ1) is 11.0. The van der Waals surface area contributed by atoms with E-state index in [2.05, 4.69) is 21.2 Å². The molecule has 1 aliphatic rings. The molecule has 1 unspecified atom stereocenters. The molecule has 15 heavy (non-hydrogen) atoms. The Bertz CT molecular complexity index is 362. The highest BCUT2D eigenvalue weighted by Gasteiger charge is 2.19. The zero-order chi connectivity index (χ0) is 10.8. The van der Waals surface area contributed by atoms with Gasteiger partial charge in [-0.25, -0.2) is 8.78 Å². The summed E-state index contributed by atoms with van der Waals surface area (Å²) in [5.41, 5.74) is 0.440. The van der Waals surface area contributed by atoms with Crippen LogP contribution in [0.25, 0.3) is 0 Å². The molecule has 1 N–H and O–H groups in total. The Morgan fingerprint density at radius 2 is 2.00 bits per heavy atom. The molecule has 0 saturated carbocycles. The molecule has 1 aromatic carbocycles. The Labute approximate surface area is 96.0 Å². The van der Waals surface area contributed by atoms with Gasteiger partial charge in [-0.1, -0.05) is 6.42 Å². The van der Waals surface area contributed by atoms with Crippen molar-refractivity contribution in [3.8, 4) is 0 Å². The van der Waals surface area contributed by atoms with E-state index in [-0.39, 0.29) is 16.3 Å². The van der Waals surface area contributed by atoms with Crippen LogP contribution in [0.5, 0.6) is 0 Å². The third-order valence-corrected chi connectivity index (χ3v) is 3.33. The number of nitrogens with one attached hydrogen (secondary N) is 1. The fourth-order valence-corrected chi connectivity index (χ4v) is 2.24. The second kappa shape index (κ2) is 4.58. The third kappa shape index (κ3) is 2.37. The van der Waals surface area contributed by atoms with Crippen molar-refractivity contribution in [1.29, 1.82) is 0 Å². The molecule has 1 aromatic rings. The lowest BCUT2D eigenvalue weighted by Crippen LogP contribution is -2.27. The van der Waals surface area contributed by atoms with E-state index in [9.17, 15) is 8.78 Å². The molecule has 1 aliphatic heterocycles. The highest BCUT2D eigenvalue weighted by molar-refractivity contribution is 9.10. The van der Waals surface area contributed by atoms with Crippen molar-refractivity contribution in [2.45, 2.75) is 25.3 Å². The molecule has 1 nitrogen and oxygen atoms in total. The lowest BCUT2D eigenvalue weighted by molar-refractivity contribution is 0.397. The standard InChI is InChI=1S/C11H12BrF2N/c12-8-6-9(13)7(5-10(8)14)11-3-1-2-4-15-11/h5-6,11,15H,1-4H2. The molecule has 1 heterocycles. The maximum atomic E-state index is 13.6. The molecule has 4 heteroatoms. The first-order valence-electron chi connectivity index (χ1n) is 5.06. The summed E-state index contributed by atoms with van der Waals surface area (Å²) < 4.78 is 27.0. The Morgan fingerprint density at radius 3 is 2.67 bits per heavy atom. The molecule has 1 fully saturated rings. The van der Waals surface area contributed by atoms with Crippen molar-refractivity contribution in [3.63, 3.8) is 0 Å². The van der Waals surface area contributed by atoms with Crippen LogP contribution in [-0.4, -0.2) is 6.54 Å². The predicted molar refractivity (Wildman–Crippen MR) is 58.7 cm³/mol. The SMILES string of the molecule is Fc1cc(C2CCCCN2)c(F)cc1Br. The molecule has 82 valence electrons. The lowest BCUT2D eigenvalue weighted by Gasteiger charge is -2.24. The van der Waals surface area contributed by atoms with Crippen LogP contribution in [0.3, 0.4) is 0 Å². The van der Waals surface area contributed by atoms with Crippen molar-refractivity contribution in [2.24, 2.45) is 0 Å². The van der Waals surface area contributed by atoms with E-state index in [1.54, 1.807) is 0 Å². The van der Waals surface area contributed by atoms with Gasteiger partial charge in [0.2, 0.25) is 0 Å². The highest BCUT2D eigenvalue weighted by atomic mass is 79.9. The summed E-state index contributed by atoms with van der Waals surface area (Å²) in [6, 6.07) is 2.44. The number of hydrogen-bond acceptors (Lipinski definition) is 1. The number of rotatable bonds is 1. The van der Waals surface area contributed by atoms with Crippen LogP contribution >= 0.6 is 15.9 Å². The van der Waals surface area contributed by atoms with Gasteiger partial charge in [-0.3, -0.25) is 0 Å². The van der Waals surface area contributed by atoms with Crippen molar-refractivity contribution in [3.05, 3.63) is 33.8 Å². The van der Waals surface area contributed by atoms with Crippen LogP contribution in [0.15, 0.2) is 16.6 Å². The molecule has 2 rings (SSSR count). The van der Waals surface area contributed by atoms with Crippen LogP contribution in [0, 0.1) is 11.6 Å². The molecule has 0 spiro atoms. The van der Waals surface area contributed by atoms with Crippen molar-refractivity contribution in [1.82, 2.24) is 5.32 Å². The quantitative estimate of drug-likeness (QED) is 0.773. The van der Waals surface area contributed by atoms with Crippen LogP contribution < -0.4 is 5.32 Å². The smallest absolute Gasteiger partial charge is 0.137 e. The van der Waals surface area contributed by atoms with Crippen molar-refractivity contribution in [2.75, 3.05) is 6.54 Å². The monoisotopic (exact) mass is 275 g/mol. The minimum atomic E-state index is -0.404. The normalized spacial score (nSPS) is 21.7. The van der Waals surface area contributed by atoms with Gasteiger partial charge in [0.1, 0.15) is 11.6 Å². The van der Waals surface area contributed by atoms with E-state index < -0.39 is 5.82 Å². The summed E-state index contributed by atoms with van der Waals surface area (Å²) in [5.74, 6) is -0.749. The molecule has 0 bridgehead atoms. The molecule has 1 atom stereocenters. The van der Waals surface area contributed by atoms with Crippen LogP contribution in [0.1, 0.15) is 30.9 Å². The Balaban J connectivity index is 2.30. The van der Waals surface area contributed by atoms with E-state index in [1.807, 2.05) is 0 Å². The Morgan fingerprint density at radius 1 is 1.20 bits per heavy atom. The van der Waals surface area contributed by atoms with Gasteiger partial charge in [0.05, 0.1) is 4.47 Å². The average molecular weight is 276 g/mol. The zero-order valence-corrected chi connectivity index (χ0v) is 9.78.